The van der Waals surface area contributed by atoms with Crippen molar-refractivity contribution in [3.05, 3.63) is 120 Å². The van der Waals surface area contributed by atoms with E-state index in [1.54, 1.807) is 0 Å². The molecule has 0 atom stereocenters. The lowest BCUT2D eigenvalue weighted by Gasteiger charge is -2.17. The molecule has 0 spiro atoms. The van der Waals surface area contributed by atoms with E-state index >= 15 is 0 Å². The molecule has 0 N–H and O–H groups in total. The quantitative estimate of drug-likeness (QED) is 0.270. The molecule has 2 heteroatoms. The summed E-state index contributed by atoms with van der Waals surface area (Å²) in [6.45, 7) is 0. The highest BCUT2D eigenvalue weighted by atomic mass is 15.0. The third kappa shape index (κ3) is 2.61. The molecular formula is C31H24N2. The normalized spacial score (nSPS) is 13.5. The van der Waals surface area contributed by atoms with Crippen molar-refractivity contribution in [1.82, 2.24) is 9.13 Å². The fourth-order valence-electron chi connectivity index (χ4n) is 5.75. The molecule has 0 unspecified atom stereocenters. The van der Waals surface area contributed by atoms with Crippen LogP contribution in [0, 0.1) is 0 Å². The molecule has 0 amide bonds. The van der Waals surface area contributed by atoms with Crippen LogP contribution in [0.25, 0.3) is 44.0 Å². The number of allylic oxidation sites excluding steroid dienone is 1. The highest BCUT2D eigenvalue weighted by Crippen LogP contribution is 2.40. The van der Waals surface area contributed by atoms with Gasteiger partial charge in [-0.2, -0.15) is 0 Å². The summed E-state index contributed by atoms with van der Waals surface area (Å²) in [6.07, 6.45) is 4.61. The fourth-order valence-corrected chi connectivity index (χ4v) is 5.75. The Bertz CT molecular complexity index is 1710. The van der Waals surface area contributed by atoms with E-state index in [0.29, 0.717) is 0 Å². The average molecular weight is 425 g/mol. The van der Waals surface area contributed by atoms with Crippen molar-refractivity contribution < 1.29 is 0 Å². The van der Waals surface area contributed by atoms with Gasteiger partial charge < -0.3 is 9.13 Å². The monoisotopic (exact) mass is 424 g/mol. The molecule has 0 radical (unpaired) electrons. The molecule has 1 aliphatic rings. The largest absolute Gasteiger partial charge is 0.347 e. The van der Waals surface area contributed by atoms with E-state index in [2.05, 4.69) is 119 Å². The van der Waals surface area contributed by atoms with Gasteiger partial charge >= 0.3 is 0 Å². The third-order valence-electron chi connectivity index (χ3n) is 7.23. The lowest BCUT2D eigenvalue weighted by atomic mass is 9.88. The number of fused-ring (bicyclic) bond motifs is 6. The number of hydrogen-bond acceptors (Lipinski definition) is 0. The molecule has 4 aromatic carbocycles. The molecule has 158 valence electrons. The van der Waals surface area contributed by atoms with Crippen LogP contribution in [0.3, 0.4) is 0 Å². The topological polar surface area (TPSA) is 9.86 Å². The molecule has 7 rings (SSSR count). The molecule has 0 aliphatic heterocycles. The van der Waals surface area contributed by atoms with E-state index in [9.17, 15) is 0 Å². The summed E-state index contributed by atoms with van der Waals surface area (Å²) in [5.74, 6) is 0. The van der Waals surface area contributed by atoms with Gasteiger partial charge in [0.1, 0.15) is 0 Å². The van der Waals surface area contributed by atoms with Crippen LogP contribution >= 0.6 is 0 Å². The van der Waals surface area contributed by atoms with Crippen molar-refractivity contribution in [3.8, 4) is 5.69 Å². The van der Waals surface area contributed by atoms with Crippen molar-refractivity contribution >= 4 is 38.3 Å². The lowest BCUT2D eigenvalue weighted by molar-refractivity contribution is 0.821. The number of aromatic nitrogens is 2. The predicted octanol–water partition coefficient (Wildman–Crippen LogP) is 7.65. The lowest BCUT2D eigenvalue weighted by Crippen LogP contribution is -2.04. The molecule has 2 heterocycles. The first kappa shape index (κ1) is 18.5. The summed E-state index contributed by atoms with van der Waals surface area (Å²) in [5, 5.41) is 3.96. The Kier molecular flexibility index (Phi) is 3.92. The molecule has 1 aliphatic carbocycles. The van der Waals surface area contributed by atoms with Crippen molar-refractivity contribution in [2.75, 3.05) is 0 Å². The molecule has 6 aromatic rings. The Labute approximate surface area is 193 Å². The van der Waals surface area contributed by atoms with E-state index in [1.165, 1.54) is 60.8 Å². The summed E-state index contributed by atoms with van der Waals surface area (Å²) in [7, 11) is 2.21. The van der Waals surface area contributed by atoms with Crippen LogP contribution in [0.1, 0.15) is 23.2 Å². The smallest absolute Gasteiger partial charge is 0.0541 e. The first-order valence-electron chi connectivity index (χ1n) is 11.7. The molecule has 2 aromatic heterocycles. The number of benzene rings is 4. The molecule has 0 saturated heterocycles. The summed E-state index contributed by atoms with van der Waals surface area (Å²) >= 11 is 0. The Morgan fingerprint density at radius 2 is 1.33 bits per heavy atom. The first-order valence-corrected chi connectivity index (χ1v) is 11.7. The number of para-hydroxylation sites is 3. The minimum absolute atomic E-state index is 1.08. The van der Waals surface area contributed by atoms with Gasteiger partial charge in [0.2, 0.25) is 0 Å². The number of rotatable bonds is 2. The summed E-state index contributed by atoms with van der Waals surface area (Å²) in [6, 6.07) is 35.2. The van der Waals surface area contributed by atoms with E-state index in [1.807, 2.05) is 0 Å². The van der Waals surface area contributed by atoms with Crippen LogP contribution in [0.15, 0.2) is 103 Å². The average Bonchev–Trinajstić information content (AvgIpc) is 3.37. The zero-order valence-corrected chi connectivity index (χ0v) is 18.6. The van der Waals surface area contributed by atoms with Crippen molar-refractivity contribution in [3.63, 3.8) is 0 Å². The maximum Gasteiger partial charge on any atom is 0.0541 e. The van der Waals surface area contributed by atoms with Gasteiger partial charge in [-0.1, -0.05) is 66.7 Å². The SMILES string of the molecule is Cn1c2c(c3ccccc31)C(c1ccc3c(c1)c1ccccc1n3-c1ccccc1)=CCC2. The Hall–Kier alpha value is -4.04. The van der Waals surface area contributed by atoms with Crippen LogP contribution in [0.5, 0.6) is 0 Å². The van der Waals surface area contributed by atoms with Gasteiger partial charge in [0, 0.05) is 45.7 Å². The van der Waals surface area contributed by atoms with Gasteiger partial charge in [0.05, 0.1) is 11.0 Å². The Morgan fingerprint density at radius 1 is 0.636 bits per heavy atom. The Balaban J connectivity index is 1.50. The third-order valence-corrected chi connectivity index (χ3v) is 7.23. The molecule has 0 bridgehead atoms. The number of aryl methyl sites for hydroxylation is 1. The number of hydrogen-bond donors (Lipinski definition) is 0. The maximum atomic E-state index is 2.44. The molecule has 2 nitrogen and oxygen atoms in total. The van der Waals surface area contributed by atoms with Crippen LogP contribution in [-0.2, 0) is 13.5 Å². The van der Waals surface area contributed by atoms with E-state index < -0.39 is 0 Å². The van der Waals surface area contributed by atoms with Crippen LogP contribution in [0.2, 0.25) is 0 Å². The Morgan fingerprint density at radius 3 is 2.18 bits per heavy atom. The van der Waals surface area contributed by atoms with Crippen LogP contribution < -0.4 is 0 Å². The van der Waals surface area contributed by atoms with Gasteiger partial charge in [0.15, 0.2) is 0 Å². The second kappa shape index (κ2) is 6.98. The van der Waals surface area contributed by atoms with Crippen molar-refractivity contribution in [2.24, 2.45) is 7.05 Å². The maximum absolute atomic E-state index is 2.44. The van der Waals surface area contributed by atoms with E-state index in [-0.39, 0.29) is 0 Å². The minimum atomic E-state index is 1.08. The molecule has 33 heavy (non-hydrogen) atoms. The fraction of sp³-hybridized carbons (Fsp3) is 0.0968. The predicted molar refractivity (Wildman–Crippen MR) is 139 cm³/mol. The number of nitrogens with zero attached hydrogens (tertiary/aromatic N) is 2. The van der Waals surface area contributed by atoms with Gasteiger partial charge in [-0.3, -0.25) is 0 Å². The van der Waals surface area contributed by atoms with Crippen molar-refractivity contribution in [2.45, 2.75) is 12.8 Å². The van der Waals surface area contributed by atoms with Crippen molar-refractivity contribution in [1.29, 1.82) is 0 Å². The molecule has 0 saturated carbocycles. The van der Waals surface area contributed by atoms with Gasteiger partial charge in [0.25, 0.3) is 0 Å². The zero-order valence-electron chi connectivity index (χ0n) is 18.6. The molecule has 0 fully saturated rings. The van der Waals surface area contributed by atoms with Crippen LogP contribution in [0.4, 0.5) is 0 Å². The van der Waals surface area contributed by atoms with Crippen LogP contribution in [-0.4, -0.2) is 9.13 Å². The molecular weight excluding hydrogens is 400 g/mol. The highest BCUT2D eigenvalue weighted by Gasteiger charge is 2.22. The second-order valence-electron chi connectivity index (χ2n) is 8.97. The van der Waals surface area contributed by atoms with Gasteiger partial charge in [-0.15, -0.1) is 0 Å². The summed E-state index contributed by atoms with van der Waals surface area (Å²) in [5.41, 5.74) is 10.5. The van der Waals surface area contributed by atoms with E-state index in [4.69, 9.17) is 0 Å². The zero-order chi connectivity index (χ0) is 21.9. The summed E-state index contributed by atoms with van der Waals surface area (Å²) < 4.78 is 4.77. The standard InChI is InChI=1S/C31H24N2/c1-32-27-15-7-6-13-25(27)31-23(14-9-17-30(31)32)21-18-19-29-26(20-21)24-12-5-8-16-28(24)33(29)22-10-3-2-4-11-22/h2-8,10-16,18-20H,9,17H2,1H3. The minimum Gasteiger partial charge on any atom is -0.347 e. The van der Waals surface area contributed by atoms with E-state index in [0.717, 1.165) is 12.8 Å². The highest BCUT2D eigenvalue weighted by molar-refractivity contribution is 6.11. The van der Waals surface area contributed by atoms with Gasteiger partial charge in [-0.25, -0.2) is 0 Å². The first-order chi connectivity index (χ1) is 16.3. The van der Waals surface area contributed by atoms with Gasteiger partial charge in [-0.05, 0) is 60.4 Å². The summed E-state index contributed by atoms with van der Waals surface area (Å²) in [4.78, 5) is 0. The second-order valence-corrected chi connectivity index (χ2v) is 8.97.